The molecule has 0 amide bonds. The van der Waals surface area contributed by atoms with Crippen molar-refractivity contribution in [2.24, 2.45) is 0 Å². The summed E-state index contributed by atoms with van der Waals surface area (Å²) in [6, 6.07) is 0. The molecule has 0 saturated carbocycles. The van der Waals surface area contributed by atoms with Crippen LogP contribution in [0.15, 0.2) is 22.9 Å². The summed E-state index contributed by atoms with van der Waals surface area (Å²) >= 11 is 5.49. The summed E-state index contributed by atoms with van der Waals surface area (Å²) in [5.74, 6) is 0.154. The van der Waals surface area contributed by atoms with E-state index in [4.69, 9.17) is 24.2 Å². The molecule has 14 heavy (non-hydrogen) atoms. The van der Waals surface area contributed by atoms with Gasteiger partial charge in [0.1, 0.15) is 13.6 Å². The first-order valence-corrected chi connectivity index (χ1v) is 4.47. The van der Waals surface area contributed by atoms with E-state index in [2.05, 4.69) is 4.74 Å². The molecule has 0 aromatic heterocycles. The van der Waals surface area contributed by atoms with Crippen molar-refractivity contribution in [1.82, 2.24) is 0 Å². The molecule has 0 unspecified atom stereocenters. The lowest BCUT2D eigenvalue weighted by atomic mass is 9.88. The summed E-state index contributed by atoms with van der Waals surface area (Å²) < 4.78 is 9.47. The fraction of sp³-hybridized carbons (Fsp3) is 0.444. The Labute approximate surface area is 90.1 Å². The van der Waals surface area contributed by atoms with Gasteiger partial charge in [0.15, 0.2) is 0 Å². The number of alkyl halides is 1. The minimum Gasteiger partial charge on any atom is -0.498 e. The number of allylic oxidation sites excluding steroid dienone is 2. The van der Waals surface area contributed by atoms with E-state index in [1.807, 2.05) is 0 Å². The largest absolute Gasteiger partial charge is 0.498 e. The lowest BCUT2D eigenvalue weighted by Crippen LogP contribution is -2.07. The Hall–Kier alpha value is -0.895. The van der Waals surface area contributed by atoms with E-state index < -0.39 is 5.97 Å². The van der Waals surface area contributed by atoms with Gasteiger partial charge in [-0.2, -0.15) is 0 Å². The monoisotopic (exact) mass is 214 g/mol. The van der Waals surface area contributed by atoms with Crippen molar-refractivity contribution >= 4 is 25.4 Å². The maximum absolute atomic E-state index is 11.1. The third kappa shape index (κ3) is 3.46. The maximum atomic E-state index is 11.1. The molecular weight excluding hydrogens is 202 g/mol. The Morgan fingerprint density at radius 2 is 2.00 bits per heavy atom. The summed E-state index contributed by atoms with van der Waals surface area (Å²) in [6.07, 6.45) is 1.57. The summed E-state index contributed by atoms with van der Waals surface area (Å²) in [5, 5.41) is 0. The zero-order valence-corrected chi connectivity index (χ0v) is 9.22. The number of rotatable bonds is 4. The predicted molar refractivity (Wildman–Crippen MR) is 56.3 cm³/mol. The fourth-order valence-corrected chi connectivity index (χ4v) is 0.961. The molecule has 5 heteroatoms. The van der Waals surface area contributed by atoms with Crippen molar-refractivity contribution in [3.05, 3.63) is 22.9 Å². The van der Waals surface area contributed by atoms with Crippen molar-refractivity contribution in [3.63, 3.8) is 0 Å². The summed E-state index contributed by atoms with van der Waals surface area (Å²) in [5.41, 5.74) is 0.533. The van der Waals surface area contributed by atoms with Crippen LogP contribution >= 0.6 is 11.6 Å². The zero-order valence-electron chi connectivity index (χ0n) is 8.46. The number of carbonyl (C=O) groups excluding carboxylic acids is 1. The molecule has 0 N–H and O–H groups in total. The van der Waals surface area contributed by atoms with Crippen LogP contribution in [-0.2, 0) is 14.3 Å². The lowest BCUT2D eigenvalue weighted by molar-refractivity contribution is -0.136. The van der Waals surface area contributed by atoms with E-state index in [9.17, 15) is 4.79 Å². The molecule has 3 nitrogen and oxygen atoms in total. The van der Waals surface area contributed by atoms with Gasteiger partial charge in [0.25, 0.3) is 0 Å². The number of carbonyl (C=O) groups is 1. The minimum absolute atomic E-state index is 0.236. The Bertz CT molecular complexity index is 271. The van der Waals surface area contributed by atoms with Gasteiger partial charge < -0.3 is 9.47 Å². The molecule has 2 radical (unpaired) electrons. The normalized spacial score (nSPS) is 13.3. The van der Waals surface area contributed by atoms with Crippen molar-refractivity contribution in [2.45, 2.75) is 6.92 Å². The fourth-order valence-electron chi connectivity index (χ4n) is 0.821. The zero-order chi connectivity index (χ0) is 11.1. The number of hydrogen-bond acceptors (Lipinski definition) is 3. The van der Waals surface area contributed by atoms with E-state index in [0.717, 1.165) is 0 Å². The molecule has 0 bridgehead atoms. The van der Waals surface area contributed by atoms with Crippen LogP contribution in [0.2, 0.25) is 0 Å². The van der Waals surface area contributed by atoms with Gasteiger partial charge in [-0.15, -0.1) is 11.6 Å². The first-order chi connectivity index (χ1) is 6.58. The smallest absolute Gasteiger partial charge is 0.332 e. The van der Waals surface area contributed by atoms with Gasteiger partial charge in [-0.3, -0.25) is 0 Å². The average molecular weight is 214 g/mol. The molecule has 0 saturated heterocycles. The molecule has 0 aromatic carbocycles. The standard InChI is InChI=1S/C9H12BClO3/c1-6(9(12)14-3)8(10)7(13-2)4-5-11/h4H,5H2,1-3H3/b7-4+,8-6-. The number of esters is 1. The molecule has 76 valence electrons. The molecule has 0 heterocycles. The third-order valence-electron chi connectivity index (χ3n) is 1.64. The second-order valence-electron chi connectivity index (χ2n) is 2.46. The first kappa shape index (κ1) is 13.1. The molecule has 0 aliphatic carbocycles. The van der Waals surface area contributed by atoms with Gasteiger partial charge in [0.05, 0.1) is 14.2 Å². The van der Waals surface area contributed by atoms with Crippen LogP contribution in [0.4, 0.5) is 0 Å². The van der Waals surface area contributed by atoms with E-state index >= 15 is 0 Å². The van der Waals surface area contributed by atoms with Gasteiger partial charge in [-0.05, 0) is 18.5 Å². The summed E-state index contributed by atoms with van der Waals surface area (Å²) in [4.78, 5) is 11.1. The SMILES string of the molecule is [B]C(/C(=C\CCl)OC)=C(/C)C(=O)OC. The molecule has 0 spiro atoms. The van der Waals surface area contributed by atoms with Crippen molar-refractivity contribution < 1.29 is 14.3 Å². The Morgan fingerprint density at radius 1 is 1.43 bits per heavy atom. The second kappa shape index (κ2) is 6.54. The van der Waals surface area contributed by atoms with Crippen molar-refractivity contribution in [3.8, 4) is 0 Å². The number of ether oxygens (including phenoxy) is 2. The Morgan fingerprint density at radius 3 is 2.36 bits per heavy atom. The number of halogens is 1. The topological polar surface area (TPSA) is 35.5 Å². The van der Waals surface area contributed by atoms with E-state index in [0.29, 0.717) is 11.3 Å². The maximum Gasteiger partial charge on any atom is 0.332 e. The minimum atomic E-state index is -0.486. The molecule has 0 rings (SSSR count). The van der Waals surface area contributed by atoms with E-state index in [1.165, 1.54) is 14.2 Å². The van der Waals surface area contributed by atoms with Gasteiger partial charge >= 0.3 is 5.97 Å². The summed E-state index contributed by atoms with van der Waals surface area (Å²) in [7, 11) is 8.40. The molecular formula is C9H12BClO3. The number of methoxy groups -OCH3 is 2. The Balaban J connectivity index is 4.96. The molecule has 0 fully saturated rings. The van der Waals surface area contributed by atoms with Crippen molar-refractivity contribution in [1.29, 1.82) is 0 Å². The van der Waals surface area contributed by atoms with Crippen LogP contribution in [-0.4, -0.2) is 33.9 Å². The van der Waals surface area contributed by atoms with Crippen molar-refractivity contribution in [2.75, 3.05) is 20.1 Å². The van der Waals surface area contributed by atoms with Crippen LogP contribution in [0.3, 0.4) is 0 Å². The van der Waals surface area contributed by atoms with E-state index in [-0.39, 0.29) is 11.4 Å². The molecule has 0 atom stereocenters. The third-order valence-corrected chi connectivity index (χ3v) is 1.80. The highest BCUT2D eigenvalue weighted by atomic mass is 35.5. The van der Waals surface area contributed by atoms with E-state index in [1.54, 1.807) is 13.0 Å². The highest BCUT2D eigenvalue weighted by Gasteiger charge is 2.10. The molecule has 0 aromatic rings. The van der Waals surface area contributed by atoms with Crippen LogP contribution in [0.5, 0.6) is 0 Å². The van der Waals surface area contributed by atoms with Crippen LogP contribution in [0.25, 0.3) is 0 Å². The first-order valence-electron chi connectivity index (χ1n) is 3.93. The average Bonchev–Trinajstić information content (AvgIpc) is 2.22. The predicted octanol–water partition coefficient (Wildman–Crippen LogP) is 1.37. The molecule has 0 aliphatic heterocycles. The number of hydrogen-bond donors (Lipinski definition) is 0. The van der Waals surface area contributed by atoms with Gasteiger partial charge in [0.2, 0.25) is 0 Å². The van der Waals surface area contributed by atoms with Crippen LogP contribution < -0.4 is 0 Å². The van der Waals surface area contributed by atoms with Crippen LogP contribution in [0.1, 0.15) is 6.92 Å². The second-order valence-corrected chi connectivity index (χ2v) is 2.77. The quantitative estimate of drug-likeness (QED) is 0.177. The highest BCUT2D eigenvalue weighted by Crippen LogP contribution is 2.13. The lowest BCUT2D eigenvalue weighted by Gasteiger charge is -2.09. The molecule has 0 aliphatic rings. The van der Waals surface area contributed by atoms with Gasteiger partial charge in [0, 0.05) is 11.5 Å². The van der Waals surface area contributed by atoms with Gasteiger partial charge in [-0.25, -0.2) is 4.79 Å². The Kier molecular flexibility index (Phi) is 6.12. The van der Waals surface area contributed by atoms with Crippen LogP contribution in [0, 0.1) is 0 Å². The van der Waals surface area contributed by atoms with Gasteiger partial charge in [-0.1, -0.05) is 0 Å². The highest BCUT2D eigenvalue weighted by molar-refractivity contribution is 6.27. The summed E-state index contributed by atoms with van der Waals surface area (Å²) in [6.45, 7) is 1.56.